The Labute approximate surface area is 113 Å². The molecule has 0 spiro atoms. The van der Waals surface area contributed by atoms with Crippen LogP contribution in [0.4, 0.5) is 4.79 Å². The number of urea groups is 1. The van der Waals surface area contributed by atoms with E-state index in [0.717, 1.165) is 0 Å². The molecule has 0 radical (unpaired) electrons. The first-order valence-corrected chi connectivity index (χ1v) is 6.17. The van der Waals surface area contributed by atoms with Crippen molar-refractivity contribution in [1.29, 1.82) is 0 Å². The van der Waals surface area contributed by atoms with Crippen LogP contribution in [-0.4, -0.2) is 65.5 Å². The summed E-state index contributed by atoms with van der Waals surface area (Å²) < 4.78 is 0. The van der Waals surface area contributed by atoms with Crippen LogP contribution in [0, 0.1) is 0 Å². The summed E-state index contributed by atoms with van der Waals surface area (Å²) in [6.07, 6.45) is -0.123. The maximum Gasteiger partial charge on any atom is 0.318 e. The summed E-state index contributed by atoms with van der Waals surface area (Å²) in [5, 5.41) is 11.2. The third-order valence-electron chi connectivity index (χ3n) is 2.60. The Bertz CT molecular complexity index is 342. The van der Waals surface area contributed by atoms with Crippen LogP contribution in [0.1, 0.15) is 27.2 Å². The Morgan fingerprint density at radius 2 is 1.68 bits per heavy atom. The highest BCUT2D eigenvalue weighted by molar-refractivity contribution is 5.86. The summed E-state index contributed by atoms with van der Waals surface area (Å²) in [5.41, 5.74) is 0. The van der Waals surface area contributed by atoms with E-state index < -0.39 is 18.0 Å². The molecule has 0 aromatic heterocycles. The zero-order valence-electron chi connectivity index (χ0n) is 12.1. The van der Waals surface area contributed by atoms with Gasteiger partial charge in [-0.05, 0) is 20.8 Å². The lowest BCUT2D eigenvalue weighted by molar-refractivity contribution is -0.137. The van der Waals surface area contributed by atoms with E-state index in [0.29, 0.717) is 0 Å². The molecule has 0 aromatic carbocycles. The fourth-order valence-corrected chi connectivity index (χ4v) is 1.53. The van der Waals surface area contributed by atoms with Gasteiger partial charge in [0.15, 0.2) is 0 Å². The van der Waals surface area contributed by atoms with Crippen molar-refractivity contribution in [1.82, 2.24) is 15.1 Å². The normalized spacial score (nSPS) is 11.9. The highest BCUT2D eigenvalue weighted by atomic mass is 16.4. The van der Waals surface area contributed by atoms with Gasteiger partial charge in [0, 0.05) is 26.7 Å². The molecule has 0 heterocycles. The summed E-state index contributed by atoms with van der Waals surface area (Å²) in [6.45, 7) is 5.29. The number of aliphatic carboxylic acids is 1. The van der Waals surface area contributed by atoms with E-state index in [1.807, 2.05) is 0 Å². The predicted octanol–water partition coefficient (Wildman–Crippen LogP) is 0.358. The SMILES string of the molecule is CC(NC(=O)N(CCC(=O)O)C(C)C)C(=O)N(C)C. The summed E-state index contributed by atoms with van der Waals surface area (Å²) >= 11 is 0. The van der Waals surface area contributed by atoms with Gasteiger partial charge in [-0.15, -0.1) is 0 Å². The fourth-order valence-electron chi connectivity index (χ4n) is 1.53. The van der Waals surface area contributed by atoms with Gasteiger partial charge < -0.3 is 20.2 Å². The molecule has 1 atom stereocenters. The smallest absolute Gasteiger partial charge is 0.318 e. The first-order chi connectivity index (χ1) is 8.66. The van der Waals surface area contributed by atoms with Crippen molar-refractivity contribution in [2.24, 2.45) is 0 Å². The second-order valence-electron chi connectivity index (χ2n) is 4.83. The maximum absolute atomic E-state index is 12.0. The quantitative estimate of drug-likeness (QED) is 0.731. The number of carbonyl (C=O) groups excluding carboxylic acids is 2. The van der Waals surface area contributed by atoms with E-state index in [4.69, 9.17) is 5.11 Å². The largest absolute Gasteiger partial charge is 0.481 e. The van der Waals surface area contributed by atoms with Crippen LogP contribution in [0.5, 0.6) is 0 Å². The summed E-state index contributed by atoms with van der Waals surface area (Å²) in [7, 11) is 3.21. The number of hydrogen-bond acceptors (Lipinski definition) is 3. The Balaban J connectivity index is 4.56. The van der Waals surface area contributed by atoms with Crippen LogP contribution < -0.4 is 5.32 Å². The summed E-state index contributed by atoms with van der Waals surface area (Å²) in [4.78, 5) is 37.0. The minimum atomic E-state index is -0.962. The molecule has 0 fully saturated rings. The van der Waals surface area contributed by atoms with Crippen LogP contribution in [-0.2, 0) is 9.59 Å². The molecule has 110 valence electrons. The molecular formula is C12H23N3O4. The molecule has 0 aliphatic rings. The van der Waals surface area contributed by atoms with E-state index in [1.54, 1.807) is 34.9 Å². The minimum Gasteiger partial charge on any atom is -0.481 e. The third kappa shape index (κ3) is 6.08. The topological polar surface area (TPSA) is 90.0 Å². The lowest BCUT2D eigenvalue weighted by atomic mass is 10.2. The number of carboxylic acids is 1. The molecule has 0 rings (SSSR count). The molecule has 19 heavy (non-hydrogen) atoms. The summed E-state index contributed by atoms with van der Waals surface area (Å²) in [6, 6.07) is -1.21. The molecule has 0 bridgehead atoms. The van der Waals surface area contributed by atoms with E-state index in [1.165, 1.54) is 9.80 Å². The van der Waals surface area contributed by atoms with Crippen molar-refractivity contribution < 1.29 is 19.5 Å². The van der Waals surface area contributed by atoms with Crippen LogP contribution >= 0.6 is 0 Å². The Hall–Kier alpha value is -1.79. The van der Waals surface area contributed by atoms with Gasteiger partial charge in [0.25, 0.3) is 0 Å². The molecule has 7 nitrogen and oxygen atoms in total. The standard InChI is InChI=1S/C12H23N3O4/c1-8(2)15(7-6-10(16)17)12(19)13-9(3)11(18)14(4)5/h8-9H,6-7H2,1-5H3,(H,13,19)(H,16,17). The Morgan fingerprint density at radius 3 is 2.05 bits per heavy atom. The molecule has 0 aliphatic heterocycles. The molecule has 1 unspecified atom stereocenters. The van der Waals surface area contributed by atoms with Crippen LogP contribution in [0.2, 0.25) is 0 Å². The first kappa shape index (κ1) is 17.2. The van der Waals surface area contributed by atoms with Crippen LogP contribution in [0.25, 0.3) is 0 Å². The average molecular weight is 273 g/mol. The van der Waals surface area contributed by atoms with Crippen LogP contribution in [0.15, 0.2) is 0 Å². The highest BCUT2D eigenvalue weighted by Gasteiger charge is 2.22. The van der Waals surface area contributed by atoms with E-state index in [9.17, 15) is 14.4 Å². The second-order valence-corrected chi connectivity index (χ2v) is 4.83. The average Bonchev–Trinajstić information content (AvgIpc) is 2.26. The number of nitrogens with one attached hydrogen (secondary N) is 1. The molecule has 0 aromatic rings. The molecule has 0 saturated carbocycles. The number of carboxylic acid groups (broad SMARTS) is 1. The van der Waals surface area contributed by atoms with Gasteiger partial charge in [0.2, 0.25) is 5.91 Å². The van der Waals surface area contributed by atoms with Gasteiger partial charge in [-0.1, -0.05) is 0 Å². The zero-order chi connectivity index (χ0) is 15.2. The first-order valence-electron chi connectivity index (χ1n) is 6.17. The Morgan fingerprint density at radius 1 is 1.16 bits per heavy atom. The maximum atomic E-state index is 12.0. The molecule has 0 saturated heterocycles. The van der Waals surface area contributed by atoms with Gasteiger partial charge >= 0.3 is 12.0 Å². The monoisotopic (exact) mass is 273 g/mol. The fraction of sp³-hybridized carbons (Fsp3) is 0.750. The van der Waals surface area contributed by atoms with Crippen molar-refractivity contribution >= 4 is 17.9 Å². The van der Waals surface area contributed by atoms with Crippen molar-refractivity contribution in [3.63, 3.8) is 0 Å². The van der Waals surface area contributed by atoms with Crippen LogP contribution in [0.3, 0.4) is 0 Å². The molecular weight excluding hydrogens is 250 g/mol. The number of carbonyl (C=O) groups is 3. The van der Waals surface area contributed by atoms with Crippen molar-refractivity contribution in [3.8, 4) is 0 Å². The minimum absolute atomic E-state index is 0.113. The molecule has 0 aliphatic carbocycles. The van der Waals surface area contributed by atoms with Crippen molar-refractivity contribution in [3.05, 3.63) is 0 Å². The number of amides is 3. The second kappa shape index (κ2) is 7.60. The predicted molar refractivity (Wildman–Crippen MR) is 70.8 cm³/mol. The third-order valence-corrected chi connectivity index (χ3v) is 2.60. The Kier molecular flexibility index (Phi) is 6.89. The number of nitrogens with zero attached hydrogens (tertiary/aromatic N) is 2. The van der Waals surface area contributed by atoms with Gasteiger partial charge in [-0.2, -0.15) is 0 Å². The van der Waals surface area contributed by atoms with Gasteiger partial charge in [0.05, 0.1) is 6.42 Å². The van der Waals surface area contributed by atoms with E-state index in [-0.39, 0.29) is 24.9 Å². The lowest BCUT2D eigenvalue weighted by Crippen LogP contribution is -2.51. The number of hydrogen-bond donors (Lipinski definition) is 2. The van der Waals surface area contributed by atoms with E-state index >= 15 is 0 Å². The molecule has 7 heteroatoms. The van der Waals surface area contributed by atoms with Gasteiger partial charge in [0.1, 0.15) is 6.04 Å². The molecule has 3 amide bonds. The number of likely N-dealkylation sites (N-methyl/N-ethyl adjacent to an activating group) is 1. The zero-order valence-corrected chi connectivity index (χ0v) is 12.1. The van der Waals surface area contributed by atoms with Crippen molar-refractivity contribution in [2.75, 3.05) is 20.6 Å². The lowest BCUT2D eigenvalue weighted by Gasteiger charge is -2.28. The molecule has 2 N–H and O–H groups in total. The summed E-state index contributed by atoms with van der Waals surface area (Å²) in [5.74, 6) is -1.17. The highest BCUT2D eigenvalue weighted by Crippen LogP contribution is 2.02. The van der Waals surface area contributed by atoms with Gasteiger partial charge in [-0.3, -0.25) is 9.59 Å². The van der Waals surface area contributed by atoms with Crippen molar-refractivity contribution in [2.45, 2.75) is 39.3 Å². The van der Waals surface area contributed by atoms with Gasteiger partial charge in [-0.25, -0.2) is 4.79 Å². The van der Waals surface area contributed by atoms with E-state index in [2.05, 4.69) is 5.32 Å². The number of rotatable bonds is 6.